The number of aliphatic carboxylic acids is 1. The molecule has 0 aromatic carbocycles. The third-order valence-corrected chi connectivity index (χ3v) is 2.42. The van der Waals surface area contributed by atoms with E-state index in [0.717, 1.165) is 16.9 Å². The highest BCUT2D eigenvalue weighted by molar-refractivity contribution is 5.67. The summed E-state index contributed by atoms with van der Waals surface area (Å²) in [7, 11) is 0. The summed E-state index contributed by atoms with van der Waals surface area (Å²) in [6.45, 7) is 2.01. The minimum Gasteiger partial charge on any atom is -0.481 e. The lowest BCUT2D eigenvalue weighted by Crippen LogP contribution is -2.01. The molecule has 0 atom stereocenters. The van der Waals surface area contributed by atoms with E-state index in [-0.39, 0.29) is 6.42 Å². The van der Waals surface area contributed by atoms with Crippen LogP contribution in [0.25, 0.3) is 5.52 Å². The van der Waals surface area contributed by atoms with Gasteiger partial charge in [0, 0.05) is 12.6 Å². The monoisotopic (exact) mass is 204 g/mol. The lowest BCUT2D eigenvalue weighted by molar-refractivity contribution is -0.137. The molecule has 2 heterocycles. The normalized spacial score (nSPS) is 10.7. The highest BCUT2D eigenvalue weighted by atomic mass is 16.4. The first-order chi connectivity index (χ1) is 7.18. The quantitative estimate of drug-likeness (QED) is 0.827. The third kappa shape index (κ3) is 1.83. The van der Waals surface area contributed by atoms with Gasteiger partial charge >= 0.3 is 5.97 Å². The van der Waals surface area contributed by atoms with Gasteiger partial charge in [0.15, 0.2) is 0 Å². The van der Waals surface area contributed by atoms with Crippen LogP contribution in [0.15, 0.2) is 24.5 Å². The predicted octanol–water partition coefficient (Wildman–Crippen LogP) is 1.66. The van der Waals surface area contributed by atoms with Gasteiger partial charge in [-0.15, -0.1) is 0 Å². The van der Waals surface area contributed by atoms with Crippen molar-refractivity contribution in [2.45, 2.75) is 19.8 Å². The van der Waals surface area contributed by atoms with Gasteiger partial charge in [-0.1, -0.05) is 6.07 Å². The number of hydrogen-bond donors (Lipinski definition) is 1. The van der Waals surface area contributed by atoms with Gasteiger partial charge in [-0.2, -0.15) is 0 Å². The second-order valence-corrected chi connectivity index (χ2v) is 3.51. The average Bonchev–Trinajstić information content (AvgIpc) is 2.59. The topological polar surface area (TPSA) is 54.6 Å². The van der Waals surface area contributed by atoms with Crippen LogP contribution >= 0.6 is 0 Å². The molecule has 0 saturated heterocycles. The Morgan fingerprint density at radius 2 is 2.40 bits per heavy atom. The minimum absolute atomic E-state index is 0.118. The van der Waals surface area contributed by atoms with E-state index in [4.69, 9.17) is 5.11 Å². The minimum atomic E-state index is -0.792. The van der Waals surface area contributed by atoms with Crippen LogP contribution in [-0.2, 0) is 11.2 Å². The second-order valence-electron chi connectivity index (χ2n) is 3.51. The van der Waals surface area contributed by atoms with Crippen LogP contribution in [0.3, 0.4) is 0 Å². The molecular formula is C11H12N2O2. The van der Waals surface area contributed by atoms with Gasteiger partial charge in [0.2, 0.25) is 0 Å². The van der Waals surface area contributed by atoms with Crippen LogP contribution in [-0.4, -0.2) is 20.5 Å². The summed E-state index contributed by atoms with van der Waals surface area (Å²) < 4.78 is 1.94. The van der Waals surface area contributed by atoms with Crippen molar-refractivity contribution < 1.29 is 9.90 Å². The van der Waals surface area contributed by atoms with Gasteiger partial charge in [0.05, 0.1) is 18.1 Å². The van der Waals surface area contributed by atoms with E-state index in [1.54, 1.807) is 6.20 Å². The molecule has 1 N–H and O–H groups in total. The van der Waals surface area contributed by atoms with Crippen LogP contribution in [0.1, 0.15) is 17.8 Å². The number of hydrogen-bond acceptors (Lipinski definition) is 2. The molecule has 0 aliphatic heterocycles. The van der Waals surface area contributed by atoms with Crippen molar-refractivity contribution in [1.29, 1.82) is 0 Å². The molecule has 2 aromatic heterocycles. The highest BCUT2D eigenvalue weighted by Gasteiger charge is 2.06. The zero-order chi connectivity index (χ0) is 10.8. The van der Waals surface area contributed by atoms with E-state index in [9.17, 15) is 4.79 Å². The largest absolute Gasteiger partial charge is 0.481 e. The second kappa shape index (κ2) is 3.73. The van der Waals surface area contributed by atoms with Gasteiger partial charge in [-0.05, 0) is 18.6 Å². The first-order valence-corrected chi connectivity index (χ1v) is 4.82. The molecule has 0 bridgehead atoms. The lowest BCUT2D eigenvalue weighted by atomic mass is 10.2. The van der Waals surface area contributed by atoms with Gasteiger partial charge in [-0.3, -0.25) is 4.79 Å². The van der Waals surface area contributed by atoms with E-state index in [2.05, 4.69) is 4.98 Å². The number of carbonyl (C=O) groups is 1. The summed E-state index contributed by atoms with van der Waals surface area (Å²) in [4.78, 5) is 14.7. The molecule has 0 spiro atoms. The number of fused-ring (bicyclic) bond motifs is 1. The number of pyridine rings is 1. The Hall–Kier alpha value is -1.84. The van der Waals surface area contributed by atoms with Crippen LogP contribution in [0, 0.1) is 6.92 Å². The van der Waals surface area contributed by atoms with Crippen LogP contribution < -0.4 is 0 Å². The number of carboxylic acid groups (broad SMARTS) is 1. The van der Waals surface area contributed by atoms with Crippen molar-refractivity contribution in [3.8, 4) is 0 Å². The van der Waals surface area contributed by atoms with Gasteiger partial charge in [0.1, 0.15) is 5.82 Å². The SMILES string of the molecule is Cc1cccn2c(CCC(=O)O)ncc12. The number of aromatic nitrogens is 2. The molecule has 0 amide bonds. The molecule has 0 fully saturated rings. The van der Waals surface area contributed by atoms with E-state index >= 15 is 0 Å². The molecule has 2 rings (SSSR count). The summed E-state index contributed by atoms with van der Waals surface area (Å²) in [6.07, 6.45) is 4.28. The van der Waals surface area contributed by atoms with Crippen molar-refractivity contribution in [1.82, 2.24) is 9.38 Å². The Morgan fingerprint density at radius 3 is 3.13 bits per heavy atom. The zero-order valence-corrected chi connectivity index (χ0v) is 8.47. The van der Waals surface area contributed by atoms with E-state index in [1.807, 2.05) is 29.7 Å². The lowest BCUT2D eigenvalue weighted by Gasteiger charge is -2.00. The summed E-state index contributed by atoms with van der Waals surface area (Å²) >= 11 is 0. The summed E-state index contributed by atoms with van der Waals surface area (Å²) in [5.74, 6) is 0.00973. The molecule has 15 heavy (non-hydrogen) atoms. The predicted molar refractivity (Wildman–Crippen MR) is 55.9 cm³/mol. The molecule has 4 heteroatoms. The Morgan fingerprint density at radius 1 is 1.60 bits per heavy atom. The maximum Gasteiger partial charge on any atom is 0.303 e. The van der Waals surface area contributed by atoms with E-state index < -0.39 is 5.97 Å². The Labute approximate surface area is 87.2 Å². The van der Waals surface area contributed by atoms with Crippen LogP contribution in [0.2, 0.25) is 0 Å². The van der Waals surface area contributed by atoms with Crippen molar-refractivity contribution in [2.75, 3.05) is 0 Å². The van der Waals surface area contributed by atoms with Gasteiger partial charge in [0.25, 0.3) is 0 Å². The fraction of sp³-hybridized carbons (Fsp3) is 0.273. The van der Waals surface area contributed by atoms with Gasteiger partial charge < -0.3 is 9.51 Å². The standard InChI is InChI=1S/C11H12N2O2/c1-8-3-2-6-13-9(8)7-12-10(13)4-5-11(14)15/h2-3,6-7H,4-5H2,1H3,(H,14,15). The Balaban J connectivity index is 2.37. The molecule has 0 aliphatic carbocycles. The fourth-order valence-electron chi connectivity index (χ4n) is 1.62. The number of imidazole rings is 1. The van der Waals surface area contributed by atoms with Crippen LogP contribution in [0.5, 0.6) is 0 Å². The van der Waals surface area contributed by atoms with Crippen molar-refractivity contribution in [3.63, 3.8) is 0 Å². The molecule has 0 unspecified atom stereocenters. The molecule has 78 valence electrons. The third-order valence-electron chi connectivity index (χ3n) is 2.42. The molecule has 2 aromatic rings. The molecule has 0 aliphatic rings. The summed E-state index contributed by atoms with van der Waals surface area (Å²) in [5, 5.41) is 8.60. The Bertz CT molecular complexity index is 502. The number of nitrogens with zero attached hydrogens (tertiary/aromatic N) is 2. The maximum absolute atomic E-state index is 10.5. The van der Waals surface area contributed by atoms with Gasteiger partial charge in [-0.25, -0.2) is 4.98 Å². The number of rotatable bonds is 3. The zero-order valence-electron chi connectivity index (χ0n) is 8.47. The highest BCUT2D eigenvalue weighted by Crippen LogP contribution is 2.12. The number of carboxylic acids is 1. The van der Waals surface area contributed by atoms with Crippen LogP contribution in [0.4, 0.5) is 0 Å². The van der Waals surface area contributed by atoms with Crippen molar-refractivity contribution >= 4 is 11.5 Å². The smallest absolute Gasteiger partial charge is 0.303 e. The summed E-state index contributed by atoms with van der Waals surface area (Å²) in [5.41, 5.74) is 2.18. The molecular weight excluding hydrogens is 192 g/mol. The van der Waals surface area contributed by atoms with Crippen molar-refractivity contribution in [2.24, 2.45) is 0 Å². The van der Waals surface area contributed by atoms with E-state index in [1.165, 1.54) is 0 Å². The molecule has 4 nitrogen and oxygen atoms in total. The fourth-order valence-corrected chi connectivity index (χ4v) is 1.62. The maximum atomic E-state index is 10.5. The first-order valence-electron chi connectivity index (χ1n) is 4.82. The van der Waals surface area contributed by atoms with Crippen molar-refractivity contribution in [3.05, 3.63) is 35.9 Å². The molecule has 0 saturated carbocycles. The molecule has 0 radical (unpaired) electrons. The summed E-state index contributed by atoms with van der Waals surface area (Å²) in [6, 6.07) is 3.95. The first kappa shape index (κ1) is 9.71. The Kier molecular flexibility index (Phi) is 2.41. The average molecular weight is 204 g/mol. The number of aryl methyl sites for hydroxylation is 2. The van der Waals surface area contributed by atoms with E-state index in [0.29, 0.717) is 6.42 Å².